The number of hydrogen-bond acceptors (Lipinski definition) is 2. The van der Waals surface area contributed by atoms with Crippen molar-refractivity contribution >= 4 is 15.9 Å². The van der Waals surface area contributed by atoms with Gasteiger partial charge in [0, 0.05) is 6.42 Å². The van der Waals surface area contributed by atoms with E-state index in [4.69, 9.17) is 4.74 Å². The van der Waals surface area contributed by atoms with Crippen molar-refractivity contribution in [3.05, 3.63) is 46.2 Å². The third-order valence-corrected chi connectivity index (χ3v) is 2.95. The molecule has 0 saturated heterocycles. The Labute approximate surface area is 101 Å². The van der Waals surface area contributed by atoms with E-state index in [2.05, 4.69) is 25.9 Å². The van der Waals surface area contributed by atoms with Gasteiger partial charge in [-0.05, 0) is 33.6 Å². The van der Waals surface area contributed by atoms with Gasteiger partial charge in [-0.1, -0.05) is 6.07 Å². The van der Waals surface area contributed by atoms with Crippen molar-refractivity contribution in [1.82, 2.24) is 9.97 Å². The summed E-state index contributed by atoms with van der Waals surface area (Å²) in [7, 11) is 1.45. The van der Waals surface area contributed by atoms with Crippen LogP contribution in [0.4, 0.5) is 4.39 Å². The Morgan fingerprint density at radius 2 is 2.31 bits per heavy atom. The van der Waals surface area contributed by atoms with Crippen molar-refractivity contribution in [2.24, 2.45) is 0 Å². The minimum absolute atomic E-state index is 0.257. The van der Waals surface area contributed by atoms with Crippen molar-refractivity contribution in [3.8, 4) is 5.75 Å². The van der Waals surface area contributed by atoms with E-state index >= 15 is 0 Å². The topological polar surface area (TPSA) is 37.9 Å². The lowest BCUT2D eigenvalue weighted by Crippen LogP contribution is -1.93. The molecule has 0 bridgehead atoms. The second kappa shape index (κ2) is 4.65. The van der Waals surface area contributed by atoms with Gasteiger partial charge in [-0.2, -0.15) is 0 Å². The molecule has 0 aliphatic heterocycles. The van der Waals surface area contributed by atoms with Crippen LogP contribution in [0.25, 0.3) is 0 Å². The molecule has 3 nitrogen and oxygen atoms in total. The number of aromatic amines is 1. The summed E-state index contributed by atoms with van der Waals surface area (Å²) >= 11 is 3.31. The van der Waals surface area contributed by atoms with Crippen LogP contribution in [0.5, 0.6) is 5.75 Å². The molecule has 1 aromatic carbocycles. The average Bonchev–Trinajstić information content (AvgIpc) is 2.65. The van der Waals surface area contributed by atoms with Crippen LogP contribution in [0.1, 0.15) is 11.3 Å². The molecule has 0 amide bonds. The molecule has 0 radical (unpaired) electrons. The van der Waals surface area contributed by atoms with Crippen LogP contribution in [0.3, 0.4) is 0 Å². The molecular weight excluding hydrogens is 275 g/mol. The Kier molecular flexibility index (Phi) is 3.24. The summed E-state index contributed by atoms with van der Waals surface area (Å²) in [4.78, 5) is 7.00. The van der Waals surface area contributed by atoms with Crippen LogP contribution in [-0.2, 0) is 6.42 Å². The van der Waals surface area contributed by atoms with Crippen molar-refractivity contribution < 1.29 is 9.13 Å². The Hall–Kier alpha value is -1.36. The van der Waals surface area contributed by atoms with E-state index in [1.54, 1.807) is 12.4 Å². The van der Waals surface area contributed by atoms with Gasteiger partial charge in [-0.25, -0.2) is 9.37 Å². The Balaban J connectivity index is 2.23. The highest BCUT2D eigenvalue weighted by atomic mass is 79.9. The van der Waals surface area contributed by atoms with Crippen LogP contribution in [0.15, 0.2) is 29.1 Å². The lowest BCUT2D eigenvalue weighted by molar-refractivity contribution is 0.386. The number of imidazole rings is 1. The molecule has 0 fully saturated rings. The number of nitrogens with one attached hydrogen (secondary N) is 1. The molecule has 16 heavy (non-hydrogen) atoms. The van der Waals surface area contributed by atoms with E-state index in [0.29, 0.717) is 6.42 Å². The SMILES string of the molecule is COc1ccc(Cc2[nH]cnc2Br)cc1F. The molecule has 84 valence electrons. The van der Waals surface area contributed by atoms with Gasteiger partial charge in [0.25, 0.3) is 0 Å². The molecule has 0 saturated carbocycles. The molecule has 0 unspecified atom stereocenters. The highest BCUT2D eigenvalue weighted by Gasteiger charge is 2.07. The largest absolute Gasteiger partial charge is 0.494 e. The monoisotopic (exact) mass is 284 g/mol. The van der Waals surface area contributed by atoms with Crippen LogP contribution in [0, 0.1) is 5.82 Å². The number of halogens is 2. The number of rotatable bonds is 3. The van der Waals surface area contributed by atoms with Crippen LogP contribution in [-0.4, -0.2) is 17.1 Å². The molecule has 1 N–H and O–H groups in total. The van der Waals surface area contributed by atoms with Crippen LogP contribution in [0.2, 0.25) is 0 Å². The van der Waals surface area contributed by atoms with Gasteiger partial charge in [0.05, 0.1) is 19.1 Å². The molecule has 1 aromatic heterocycles. The first-order chi connectivity index (χ1) is 7.70. The van der Waals surface area contributed by atoms with Crippen molar-refractivity contribution in [2.45, 2.75) is 6.42 Å². The van der Waals surface area contributed by atoms with Crippen molar-refractivity contribution in [3.63, 3.8) is 0 Å². The van der Waals surface area contributed by atoms with Crippen LogP contribution >= 0.6 is 15.9 Å². The van der Waals surface area contributed by atoms with Crippen molar-refractivity contribution in [1.29, 1.82) is 0 Å². The summed E-state index contributed by atoms with van der Waals surface area (Å²) < 4.78 is 19.0. The lowest BCUT2D eigenvalue weighted by Gasteiger charge is -2.04. The summed E-state index contributed by atoms with van der Waals surface area (Å²) in [6, 6.07) is 4.91. The van der Waals surface area contributed by atoms with Gasteiger partial charge in [-0.3, -0.25) is 0 Å². The van der Waals surface area contributed by atoms with Crippen molar-refractivity contribution in [2.75, 3.05) is 7.11 Å². The minimum Gasteiger partial charge on any atom is -0.494 e. The second-order valence-corrected chi connectivity index (χ2v) is 4.07. The first-order valence-electron chi connectivity index (χ1n) is 4.71. The molecule has 1 heterocycles. The van der Waals surface area contributed by atoms with E-state index in [-0.39, 0.29) is 11.6 Å². The number of nitrogens with zero attached hydrogens (tertiary/aromatic N) is 1. The van der Waals surface area contributed by atoms with Gasteiger partial charge in [0.15, 0.2) is 11.6 Å². The molecule has 0 atom stereocenters. The molecule has 5 heteroatoms. The molecule has 2 rings (SSSR count). The highest BCUT2D eigenvalue weighted by Crippen LogP contribution is 2.21. The number of methoxy groups -OCH3 is 1. The quantitative estimate of drug-likeness (QED) is 0.941. The average molecular weight is 285 g/mol. The molecule has 0 aliphatic rings. The standard InChI is InChI=1S/C11H10BrFN2O/c1-16-10-3-2-7(4-8(10)13)5-9-11(12)15-6-14-9/h2-4,6H,5H2,1H3,(H,14,15). The number of ether oxygens (including phenoxy) is 1. The summed E-state index contributed by atoms with van der Waals surface area (Å²) in [6.45, 7) is 0. The maximum Gasteiger partial charge on any atom is 0.165 e. The molecule has 2 aromatic rings. The van der Waals surface area contributed by atoms with E-state index in [9.17, 15) is 4.39 Å². The highest BCUT2D eigenvalue weighted by molar-refractivity contribution is 9.10. The van der Waals surface area contributed by atoms with Gasteiger partial charge < -0.3 is 9.72 Å². The molecule has 0 spiro atoms. The van der Waals surface area contributed by atoms with E-state index in [1.807, 2.05) is 6.07 Å². The maximum absolute atomic E-state index is 13.4. The van der Waals surface area contributed by atoms with Crippen LogP contribution < -0.4 is 4.74 Å². The fourth-order valence-electron chi connectivity index (χ4n) is 1.45. The first kappa shape index (κ1) is 11.1. The third-order valence-electron chi connectivity index (χ3n) is 2.26. The fraction of sp³-hybridized carbons (Fsp3) is 0.182. The van der Waals surface area contributed by atoms with E-state index in [1.165, 1.54) is 13.2 Å². The summed E-state index contributed by atoms with van der Waals surface area (Å²) in [5.74, 6) is -0.0944. The third kappa shape index (κ3) is 2.24. The zero-order valence-electron chi connectivity index (χ0n) is 8.63. The summed E-state index contributed by atoms with van der Waals surface area (Å²) in [5, 5.41) is 0. The number of H-pyrrole nitrogens is 1. The Bertz CT molecular complexity index is 498. The van der Waals surface area contributed by atoms with Gasteiger partial charge >= 0.3 is 0 Å². The zero-order valence-corrected chi connectivity index (χ0v) is 10.2. The predicted octanol–water partition coefficient (Wildman–Crippen LogP) is 2.91. The number of aromatic nitrogens is 2. The molecule has 0 aliphatic carbocycles. The van der Waals surface area contributed by atoms with Gasteiger partial charge in [-0.15, -0.1) is 0 Å². The second-order valence-electron chi connectivity index (χ2n) is 3.32. The minimum atomic E-state index is -0.351. The fourth-order valence-corrected chi connectivity index (χ4v) is 1.81. The smallest absolute Gasteiger partial charge is 0.165 e. The number of benzene rings is 1. The van der Waals surface area contributed by atoms with Gasteiger partial charge in [0.1, 0.15) is 4.60 Å². The van der Waals surface area contributed by atoms with E-state index < -0.39 is 0 Å². The Morgan fingerprint density at radius 3 is 2.88 bits per heavy atom. The van der Waals surface area contributed by atoms with E-state index in [0.717, 1.165) is 15.9 Å². The maximum atomic E-state index is 13.4. The summed E-state index contributed by atoms with van der Waals surface area (Å²) in [6.07, 6.45) is 2.20. The summed E-state index contributed by atoms with van der Waals surface area (Å²) in [5.41, 5.74) is 1.79. The Morgan fingerprint density at radius 1 is 1.50 bits per heavy atom. The zero-order chi connectivity index (χ0) is 11.5. The first-order valence-corrected chi connectivity index (χ1v) is 5.50. The lowest BCUT2D eigenvalue weighted by atomic mass is 10.1. The predicted molar refractivity (Wildman–Crippen MR) is 62.0 cm³/mol. The van der Waals surface area contributed by atoms with Gasteiger partial charge in [0.2, 0.25) is 0 Å². The number of hydrogen-bond donors (Lipinski definition) is 1. The molecular formula is C11H10BrFN2O. The normalized spacial score (nSPS) is 10.4.